The van der Waals surface area contributed by atoms with Crippen molar-refractivity contribution in [2.45, 2.75) is 6.54 Å². The number of carbonyl (C=O) groups is 1. The number of hydrogen-bond donors (Lipinski definition) is 2. The molecule has 8 heteroatoms. The summed E-state index contributed by atoms with van der Waals surface area (Å²) in [7, 11) is 1.60. The van der Waals surface area contributed by atoms with Gasteiger partial charge in [-0.3, -0.25) is 4.79 Å². The minimum Gasteiger partial charge on any atom is -0.497 e. The Bertz CT molecular complexity index is 892. The Morgan fingerprint density at radius 1 is 1.28 bits per heavy atom. The fraction of sp³-hybridized carbons (Fsp3) is 0.118. The molecule has 7 nitrogen and oxygen atoms in total. The fourth-order valence-electron chi connectivity index (χ4n) is 2.26. The van der Waals surface area contributed by atoms with E-state index in [0.717, 1.165) is 11.3 Å². The number of carbonyl (C=O) groups excluding carboxylic acids is 1. The van der Waals surface area contributed by atoms with Crippen molar-refractivity contribution in [3.63, 3.8) is 0 Å². The van der Waals surface area contributed by atoms with Crippen LogP contribution in [0.2, 0.25) is 5.02 Å². The summed E-state index contributed by atoms with van der Waals surface area (Å²) in [5.41, 5.74) is 7.63. The summed E-state index contributed by atoms with van der Waals surface area (Å²) in [6.07, 6.45) is 0. The van der Waals surface area contributed by atoms with Gasteiger partial charge in [-0.25, -0.2) is 0 Å². The minimum atomic E-state index is -0.401. The van der Waals surface area contributed by atoms with Crippen LogP contribution < -0.4 is 15.8 Å². The molecule has 25 heavy (non-hydrogen) atoms. The van der Waals surface area contributed by atoms with Gasteiger partial charge in [0.05, 0.1) is 12.8 Å². The number of hydrogen-bond acceptors (Lipinski definition) is 5. The zero-order valence-electron chi connectivity index (χ0n) is 13.4. The molecule has 0 aliphatic rings. The summed E-state index contributed by atoms with van der Waals surface area (Å²) in [5, 5.41) is 11.1. The van der Waals surface area contributed by atoms with Crippen LogP contribution in [-0.4, -0.2) is 28.0 Å². The third-order valence-corrected chi connectivity index (χ3v) is 3.82. The van der Waals surface area contributed by atoms with Crippen LogP contribution in [0.1, 0.15) is 16.1 Å². The molecule has 1 amide bonds. The highest BCUT2D eigenvalue weighted by Gasteiger charge is 2.18. The standard InChI is InChI=1S/C17H16ClN5O2/c1-25-14-7-5-11(6-8-14)10-20-17(24)15-16(19)23(22-21-15)13-4-2-3-12(18)9-13/h2-9H,10,19H2,1H3,(H,20,24). The summed E-state index contributed by atoms with van der Waals surface area (Å²) >= 11 is 5.97. The molecule has 3 rings (SSSR count). The first kappa shape index (κ1) is 16.8. The molecular weight excluding hydrogens is 342 g/mol. The summed E-state index contributed by atoms with van der Waals surface area (Å²) in [4.78, 5) is 12.3. The Balaban J connectivity index is 1.72. The number of amides is 1. The zero-order chi connectivity index (χ0) is 17.8. The minimum absolute atomic E-state index is 0.0634. The topological polar surface area (TPSA) is 95.1 Å². The van der Waals surface area contributed by atoms with Crippen molar-refractivity contribution in [3.05, 3.63) is 64.8 Å². The van der Waals surface area contributed by atoms with E-state index in [0.29, 0.717) is 17.3 Å². The Hall–Kier alpha value is -3.06. The molecule has 0 saturated carbocycles. The largest absolute Gasteiger partial charge is 0.497 e. The molecule has 0 saturated heterocycles. The van der Waals surface area contributed by atoms with Crippen molar-refractivity contribution in [1.82, 2.24) is 20.3 Å². The van der Waals surface area contributed by atoms with E-state index in [4.69, 9.17) is 22.1 Å². The van der Waals surface area contributed by atoms with Gasteiger partial charge in [0.25, 0.3) is 5.91 Å². The Labute approximate surface area is 149 Å². The Morgan fingerprint density at radius 3 is 2.72 bits per heavy atom. The number of aromatic nitrogens is 3. The number of halogens is 1. The molecule has 128 valence electrons. The molecule has 0 atom stereocenters. The molecule has 0 aliphatic heterocycles. The molecule has 0 fully saturated rings. The number of methoxy groups -OCH3 is 1. The van der Waals surface area contributed by atoms with Gasteiger partial charge < -0.3 is 15.8 Å². The fourth-order valence-corrected chi connectivity index (χ4v) is 2.44. The molecule has 3 N–H and O–H groups in total. The first-order valence-corrected chi connectivity index (χ1v) is 7.84. The number of nitrogen functional groups attached to an aromatic ring is 1. The van der Waals surface area contributed by atoms with E-state index in [1.54, 1.807) is 31.4 Å². The van der Waals surface area contributed by atoms with Gasteiger partial charge in [0, 0.05) is 11.6 Å². The SMILES string of the molecule is COc1ccc(CNC(=O)c2nnn(-c3cccc(Cl)c3)c2N)cc1. The van der Waals surface area contributed by atoms with Crippen LogP contribution in [0.5, 0.6) is 5.75 Å². The number of nitrogens with zero attached hydrogens (tertiary/aromatic N) is 3. The summed E-state index contributed by atoms with van der Waals surface area (Å²) in [6, 6.07) is 14.3. The second-order valence-electron chi connectivity index (χ2n) is 5.25. The number of anilines is 1. The highest BCUT2D eigenvalue weighted by Crippen LogP contribution is 2.18. The molecule has 2 aromatic carbocycles. The van der Waals surface area contributed by atoms with Crippen molar-refractivity contribution in [1.29, 1.82) is 0 Å². The highest BCUT2D eigenvalue weighted by molar-refractivity contribution is 6.30. The Morgan fingerprint density at radius 2 is 2.04 bits per heavy atom. The second-order valence-corrected chi connectivity index (χ2v) is 5.68. The molecule has 0 radical (unpaired) electrons. The van der Waals surface area contributed by atoms with Crippen LogP contribution in [-0.2, 0) is 6.54 Å². The molecule has 0 bridgehead atoms. The lowest BCUT2D eigenvalue weighted by atomic mass is 10.2. The van der Waals surface area contributed by atoms with Gasteiger partial charge in [-0.1, -0.05) is 35.0 Å². The monoisotopic (exact) mass is 357 g/mol. The average molecular weight is 358 g/mol. The lowest BCUT2D eigenvalue weighted by molar-refractivity contribution is 0.0947. The van der Waals surface area contributed by atoms with Crippen LogP contribution in [0.3, 0.4) is 0 Å². The molecule has 3 aromatic rings. The van der Waals surface area contributed by atoms with Gasteiger partial charge in [0.1, 0.15) is 5.75 Å². The third kappa shape index (κ3) is 3.72. The lowest BCUT2D eigenvalue weighted by Gasteiger charge is -2.06. The number of nitrogens with one attached hydrogen (secondary N) is 1. The van der Waals surface area contributed by atoms with Crippen molar-refractivity contribution in [3.8, 4) is 11.4 Å². The Kier molecular flexibility index (Phi) is 4.85. The van der Waals surface area contributed by atoms with Crippen LogP contribution in [0.25, 0.3) is 5.69 Å². The summed E-state index contributed by atoms with van der Waals surface area (Å²) in [6.45, 7) is 0.340. The number of rotatable bonds is 5. The van der Waals surface area contributed by atoms with Crippen LogP contribution in [0.4, 0.5) is 5.82 Å². The molecule has 1 aromatic heterocycles. The van der Waals surface area contributed by atoms with Crippen molar-refractivity contribution in [2.24, 2.45) is 0 Å². The van der Waals surface area contributed by atoms with Crippen LogP contribution in [0.15, 0.2) is 48.5 Å². The molecule has 1 heterocycles. The quantitative estimate of drug-likeness (QED) is 0.731. The van der Waals surface area contributed by atoms with E-state index >= 15 is 0 Å². The van der Waals surface area contributed by atoms with Gasteiger partial charge in [-0.05, 0) is 35.9 Å². The van der Waals surface area contributed by atoms with Crippen molar-refractivity contribution >= 4 is 23.3 Å². The third-order valence-electron chi connectivity index (χ3n) is 3.58. The molecular formula is C17H16ClN5O2. The van der Waals surface area contributed by atoms with Crippen molar-refractivity contribution < 1.29 is 9.53 Å². The lowest BCUT2D eigenvalue weighted by Crippen LogP contribution is -2.24. The smallest absolute Gasteiger partial charge is 0.275 e. The molecule has 0 aliphatic carbocycles. The maximum atomic E-state index is 12.3. The van der Waals surface area contributed by atoms with Gasteiger partial charge in [-0.15, -0.1) is 5.10 Å². The normalized spacial score (nSPS) is 10.5. The van der Waals surface area contributed by atoms with Gasteiger partial charge in [0.2, 0.25) is 0 Å². The maximum Gasteiger partial charge on any atom is 0.275 e. The number of ether oxygens (including phenoxy) is 1. The first-order valence-electron chi connectivity index (χ1n) is 7.46. The van der Waals surface area contributed by atoms with Crippen LogP contribution in [0, 0.1) is 0 Å². The van der Waals surface area contributed by atoms with E-state index in [1.165, 1.54) is 4.68 Å². The maximum absolute atomic E-state index is 12.3. The van der Waals surface area contributed by atoms with Crippen molar-refractivity contribution in [2.75, 3.05) is 12.8 Å². The van der Waals surface area contributed by atoms with Gasteiger partial charge in [0.15, 0.2) is 11.5 Å². The predicted octanol–water partition coefficient (Wildman–Crippen LogP) is 2.44. The van der Waals surface area contributed by atoms with Crippen LogP contribution >= 0.6 is 11.6 Å². The number of nitrogens with two attached hydrogens (primary N) is 1. The van der Waals surface area contributed by atoms with E-state index < -0.39 is 5.91 Å². The molecule has 0 spiro atoms. The summed E-state index contributed by atoms with van der Waals surface area (Å²) in [5.74, 6) is 0.500. The number of benzene rings is 2. The van der Waals surface area contributed by atoms with E-state index in [9.17, 15) is 4.79 Å². The van der Waals surface area contributed by atoms with Gasteiger partial charge in [-0.2, -0.15) is 4.68 Å². The molecule has 0 unspecified atom stereocenters. The average Bonchev–Trinajstić information content (AvgIpc) is 3.01. The zero-order valence-corrected chi connectivity index (χ0v) is 14.2. The predicted molar refractivity (Wildman–Crippen MR) is 94.9 cm³/mol. The van der Waals surface area contributed by atoms with E-state index in [2.05, 4.69) is 15.6 Å². The first-order chi connectivity index (χ1) is 12.1. The van der Waals surface area contributed by atoms with Gasteiger partial charge >= 0.3 is 0 Å². The van der Waals surface area contributed by atoms with E-state index in [1.807, 2.05) is 24.3 Å². The van der Waals surface area contributed by atoms with E-state index in [-0.39, 0.29) is 11.5 Å². The highest BCUT2D eigenvalue weighted by atomic mass is 35.5. The second kappa shape index (κ2) is 7.23. The summed E-state index contributed by atoms with van der Waals surface area (Å²) < 4.78 is 6.47.